The number of amides is 1. The Morgan fingerprint density at radius 3 is 2.67 bits per heavy atom. The molecule has 1 atom stereocenters. The molecular weight excluding hydrogens is 234 g/mol. The number of nitrogens with zero attached hydrogens (tertiary/aromatic N) is 3. The lowest BCUT2D eigenvalue weighted by atomic mass is 9.87. The molecule has 1 aliphatic heterocycles. The van der Waals surface area contributed by atoms with E-state index in [4.69, 9.17) is 10.4 Å². The number of hydrogen-bond donors (Lipinski definition) is 1. The average molecular weight is 253 g/mol. The molecule has 100 valence electrons. The second kappa shape index (κ2) is 6.36. The van der Waals surface area contributed by atoms with Crippen molar-refractivity contribution in [2.75, 3.05) is 33.2 Å². The summed E-state index contributed by atoms with van der Waals surface area (Å²) in [6, 6.07) is 2.00. The summed E-state index contributed by atoms with van der Waals surface area (Å²) in [7, 11) is 1.68. The lowest BCUT2D eigenvalue weighted by Crippen LogP contribution is -2.54. The summed E-state index contributed by atoms with van der Waals surface area (Å²) in [5, 5.41) is 17.3. The van der Waals surface area contributed by atoms with Crippen molar-refractivity contribution in [1.29, 1.82) is 5.26 Å². The largest absolute Gasteiger partial charge is 0.481 e. The normalized spacial score (nSPS) is 17.6. The van der Waals surface area contributed by atoms with Crippen LogP contribution >= 0.6 is 0 Å². The van der Waals surface area contributed by atoms with E-state index in [1.54, 1.807) is 14.0 Å². The molecule has 0 bridgehead atoms. The number of rotatable bonds is 6. The second-order valence-electron chi connectivity index (χ2n) is 4.80. The first-order valence-electron chi connectivity index (χ1n) is 6.01. The Morgan fingerprint density at radius 2 is 2.17 bits per heavy atom. The van der Waals surface area contributed by atoms with E-state index in [1.807, 2.05) is 11.0 Å². The fourth-order valence-corrected chi connectivity index (χ4v) is 1.91. The fraction of sp³-hybridized carbons (Fsp3) is 0.750. The highest BCUT2D eigenvalue weighted by Crippen LogP contribution is 2.23. The maximum absolute atomic E-state index is 11.7. The number of carbonyl (C=O) groups excluding carboxylic acids is 1. The number of nitriles is 1. The van der Waals surface area contributed by atoms with Crippen molar-refractivity contribution in [1.82, 2.24) is 9.80 Å². The van der Waals surface area contributed by atoms with Crippen LogP contribution in [0.2, 0.25) is 0 Å². The lowest BCUT2D eigenvalue weighted by molar-refractivity contribution is -0.146. The minimum Gasteiger partial charge on any atom is -0.481 e. The van der Waals surface area contributed by atoms with Crippen molar-refractivity contribution in [3.8, 4) is 6.07 Å². The third-order valence-electron chi connectivity index (χ3n) is 3.43. The number of likely N-dealkylation sites (N-methyl/N-ethyl adjacent to an activating group) is 1. The molecule has 0 spiro atoms. The lowest BCUT2D eigenvalue weighted by Gasteiger charge is -2.41. The van der Waals surface area contributed by atoms with Crippen molar-refractivity contribution in [2.24, 2.45) is 11.8 Å². The van der Waals surface area contributed by atoms with Gasteiger partial charge in [0.05, 0.1) is 25.0 Å². The summed E-state index contributed by atoms with van der Waals surface area (Å²) in [5.74, 6) is -1.02. The van der Waals surface area contributed by atoms with Crippen molar-refractivity contribution >= 4 is 11.9 Å². The van der Waals surface area contributed by atoms with Crippen LogP contribution in [0.1, 0.15) is 13.3 Å². The van der Waals surface area contributed by atoms with Gasteiger partial charge in [-0.15, -0.1) is 0 Å². The van der Waals surface area contributed by atoms with E-state index in [-0.39, 0.29) is 17.7 Å². The van der Waals surface area contributed by atoms with Gasteiger partial charge in [-0.2, -0.15) is 5.26 Å². The molecule has 0 radical (unpaired) electrons. The van der Waals surface area contributed by atoms with Crippen molar-refractivity contribution in [3.63, 3.8) is 0 Å². The van der Waals surface area contributed by atoms with Gasteiger partial charge in [-0.05, 0) is 5.92 Å². The van der Waals surface area contributed by atoms with E-state index < -0.39 is 5.97 Å². The van der Waals surface area contributed by atoms with Gasteiger partial charge in [-0.25, -0.2) is 0 Å². The first-order chi connectivity index (χ1) is 8.45. The molecule has 0 aromatic rings. The number of likely N-dealkylation sites (tertiary alicyclic amines) is 1. The Labute approximate surface area is 107 Å². The molecule has 0 aromatic heterocycles. The topological polar surface area (TPSA) is 84.6 Å². The molecule has 0 aromatic carbocycles. The van der Waals surface area contributed by atoms with E-state index in [0.29, 0.717) is 32.6 Å². The first kappa shape index (κ1) is 14.5. The summed E-state index contributed by atoms with van der Waals surface area (Å²) in [6.45, 7) is 3.77. The number of aliphatic carboxylic acids is 1. The quantitative estimate of drug-likeness (QED) is 0.721. The van der Waals surface area contributed by atoms with Crippen LogP contribution in [-0.4, -0.2) is 60.0 Å². The smallest absolute Gasteiger partial charge is 0.306 e. The summed E-state index contributed by atoms with van der Waals surface area (Å²) >= 11 is 0. The third kappa shape index (κ3) is 3.70. The van der Waals surface area contributed by atoms with Crippen molar-refractivity contribution < 1.29 is 14.7 Å². The minimum absolute atomic E-state index is 0.0216. The van der Waals surface area contributed by atoms with E-state index in [1.165, 1.54) is 4.90 Å². The third-order valence-corrected chi connectivity index (χ3v) is 3.43. The number of carbonyl (C=O) groups is 2. The SMILES string of the molecule is CC(C(=O)O)C1CN(CC(=O)N(C)CCC#N)C1. The molecule has 1 aliphatic rings. The van der Waals surface area contributed by atoms with Gasteiger partial charge in [0, 0.05) is 26.7 Å². The zero-order valence-corrected chi connectivity index (χ0v) is 10.8. The van der Waals surface area contributed by atoms with Crippen LogP contribution in [0.4, 0.5) is 0 Å². The maximum Gasteiger partial charge on any atom is 0.306 e. The molecule has 1 N–H and O–H groups in total. The number of carboxylic acids is 1. The standard InChI is InChI=1S/C12H19N3O3/c1-9(12(17)18)10-6-15(7-10)8-11(16)14(2)5-3-4-13/h9-10H,3,5-8H2,1-2H3,(H,17,18). The van der Waals surface area contributed by atoms with Crippen LogP contribution in [0.15, 0.2) is 0 Å². The fourth-order valence-electron chi connectivity index (χ4n) is 1.91. The number of hydrogen-bond acceptors (Lipinski definition) is 4. The van der Waals surface area contributed by atoms with Gasteiger partial charge in [0.15, 0.2) is 0 Å². The highest BCUT2D eigenvalue weighted by molar-refractivity contribution is 5.78. The molecule has 6 nitrogen and oxygen atoms in total. The Morgan fingerprint density at radius 1 is 1.56 bits per heavy atom. The van der Waals surface area contributed by atoms with Crippen LogP contribution in [-0.2, 0) is 9.59 Å². The molecule has 1 unspecified atom stereocenters. The van der Waals surface area contributed by atoms with Gasteiger partial charge in [-0.1, -0.05) is 6.92 Å². The molecule has 0 saturated carbocycles. The van der Waals surface area contributed by atoms with Gasteiger partial charge >= 0.3 is 5.97 Å². The Balaban J connectivity index is 2.25. The molecule has 1 amide bonds. The zero-order valence-electron chi connectivity index (χ0n) is 10.8. The summed E-state index contributed by atoms with van der Waals surface area (Å²) in [5.41, 5.74) is 0. The highest BCUT2D eigenvalue weighted by atomic mass is 16.4. The zero-order chi connectivity index (χ0) is 13.7. The van der Waals surface area contributed by atoms with Crippen LogP contribution in [0.5, 0.6) is 0 Å². The van der Waals surface area contributed by atoms with E-state index in [2.05, 4.69) is 0 Å². The van der Waals surface area contributed by atoms with Gasteiger partial charge < -0.3 is 10.0 Å². The number of carboxylic acid groups (broad SMARTS) is 1. The van der Waals surface area contributed by atoms with Crippen molar-refractivity contribution in [3.05, 3.63) is 0 Å². The van der Waals surface area contributed by atoms with Gasteiger partial charge in [-0.3, -0.25) is 14.5 Å². The van der Waals surface area contributed by atoms with Crippen LogP contribution in [0.25, 0.3) is 0 Å². The Kier molecular flexibility index (Phi) is 5.10. The van der Waals surface area contributed by atoms with E-state index >= 15 is 0 Å². The van der Waals surface area contributed by atoms with E-state index in [9.17, 15) is 9.59 Å². The van der Waals surface area contributed by atoms with Crippen molar-refractivity contribution in [2.45, 2.75) is 13.3 Å². The first-order valence-corrected chi connectivity index (χ1v) is 6.01. The predicted molar refractivity (Wildman–Crippen MR) is 64.6 cm³/mol. The van der Waals surface area contributed by atoms with Gasteiger partial charge in [0.25, 0.3) is 0 Å². The second-order valence-corrected chi connectivity index (χ2v) is 4.80. The minimum atomic E-state index is -0.780. The summed E-state index contributed by atoms with van der Waals surface area (Å²) < 4.78 is 0. The molecule has 18 heavy (non-hydrogen) atoms. The predicted octanol–water partition coefficient (Wildman–Crippen LogP) is 0.0110. The van der Waals surface area contributed by atoms with E-state index in [0.717, 1.165) is 0 Å². The molecule has 1 saturated heterocycles. The average Bonchev–Trinajstić information content (AvgIpc) is 2.28. The summed E-state index contributed by atoms with van der Waals surface area (Å²) in [6.07, 6.45) is 0.334. The van der Waals surface area contributed by atoms with Crippen LogP contribution < -0.4 is 0 Å². The molecule has 0 aliphatic carbocycles. The molecular formula is C12H19N3O3. The molecule has 1 rings (SSSR count). The Bertz CT molecular complexity index is 358. The molecule has 6 heteroatoms. The van der Waals surface area contributed by atoms with Crippen LogP contribution in [0.3, 0.4) is 0 Å². The molecule has 1 heterocycles. The highest BCUT2D eigenvalue weighted by Gasteiger charge is 2.35. The van der Waals surface area contributed by atoms with Crippen LogP contribution in [0, 0.1) is 23.2 Å². The monoisotopic (exact) mass is 253 g/mol. The summed E-state index contributed by atoms with van der Waals surface area (Å²) in [4.78, 5) is 26.0. The molecule has 1 fully saturated rings. The van der Waals surface area contributed by atoms with Gasteiger partial charge in [0.1, 0.15) is 0 Å². The maximum atomic E-state index is 11.7. The Hall–Kier alpha value is -1.61. The van der Waals surface area contributed by atoms with Gasteiger partial charge in [0.2, 0.25) is 5.91 Å².